The molecule has 1 aliphatic rings. The Kier molecular flexibility index (Phi) is 11.4. The molecule has 1 fully saturated rings. The van der Waals surface area contributed by atoms with E-state index in [0.717, 1.165) is 26.2 Å². The molecule has 0 bridgehead atoms. The van der Waals surface area contributed by atoms with Crippen LogP contribution in [0.15, 0.2) is 0 Å². The van der Waals surface area contributed by atoms with Gasteiger partial charge in [-0.25, -0.2) is 0 Å². The van der Waals surface area contributed by atoms with Gasteiger partial charge in [-0.1, -0.05) is 19.8 Å². The molecule has 4 nitrogen and oxygen atoms in total. The van der Waals surface area contributed by atoms with E-state index >= 15 is 0 Å². The molecule has 1 saturated heterocycles. The normalized spacial score (nSPS) is 16.9. The second-order valence-corrected chi connectivity index (χ2v) is 5.09. The van der Waals surface area contributed by atoms with E-state index in [0.29, 0.717) is 26.4 Å². The van der Waals surface area contributed by atoms with Crippen molar-refractivity contribution < 1.29 is 14.2 Å². The Hall–Kier alpha value is -0.160. The molecule has 1 aliphatic heterocycles. The standard InChI is InChI=1S/C15H31NO3/c1-2-3-10-17-12-14-19-15-13-18-11-9-16-7-5-4-6-8-16/h2-15H2,1H3. The summed E-state index contributed by atoms with van der Waals surface area (Å²) in [4.78, 5) is 2.49. The lowest BCUT2D eigenvalue weighted by Crippen LogP contribution is -2.32. The van der Waals surface area contributed by atoms with Crippen molar-refractivity contribution >= 4 is 0 Å². The van der Waals surface area contributed by atoms with Crippen LogP contribution in [0.25, 0.3) is 0 Å². The highest BCUT2D eigenvalue weighted by Gasteiger charge is 2.08. The van der Waals surface area contributed by atoms with Gasteiger partial charge in [0.25, 0.3) is 0 Å². The maximum atomic E-state index is 5.57. The van der Waals surface area contributed by atoms with Crippen LogP contribution >= 0.6 is 0 Å². The number of piperidine rings is 1. The van der Waals surface area contributed by atoms with Gasteiger partial charge in [-0.2, -0.15) is 0 Å². The topological polar surface area (TPSA) is 30.9 Å². The third kappa shape index (κ3) is 10.3. The average molecular weight is 273 g/mol. The minimum atomic E-state index is 0.678. The van der Waals surface area contributed by atoms with E-state index in [4.69, 9.17) is 14.2 Å². The zero-order chi connectivity index (χ0) is 13.6. The van der Waals surface area contributed by atoms with Gasteiger partial charge in [0.1, 0.15) is 0 Å². The summed E-state index contributed by atoms with van der Waals surface area (Å²) in [6.45, 7) is 10.2. The van der Waals surface area contributed by atoms with E-state index in [-0.39, 0.29) is 0 Å². The number of unbranched alkanes of at least 4 members (excludes halogenated alkanes) is 1. The smallest absolute Gasteiger partial charge is 0.0701 e. The SMILES string of the molecule is CCCCOCCOCCOCCN1CCCCC1. The van der Waals surface area contributed by atoms with E-state index in [1.807, 2.05) is 0 Å². The van der Waals surface area contributed by atoms with Gasteiger partial charge in [0.15, 0.2) is 0 Å². The quantitative estimate of drug-likeness (QED) is 0.511. The summed E-state index contributed by atoms with van der Waals surface area (Å²) in [6.07, 6.45) is 6.42. The lowest BCUT2D eigenvalue weighted by Gasteiger charge is -2.26. The Morgan fingerprint density at radius 3 is 1.95 bits per heavy atom. The fourth-order valence-corrected chi connectivity index (χ4v) is 2.16. The van der Waals surface area contributed by atoms with E-state index in [2.05, 4.69) is 11.8 Å². The highest BCUT2D eigenvalue weighted by atomic mass is 16.5. The van der Waals surface area contributed by atoms with Gasteiger partial charge in [0.2, 0.25) is 0 Å². The van der Waals surface area contributed by atoms with Crippen molar-refractivity contribution in [2.24, 2.45) is 0 Å². The molecule has 4 heteroatoms. The number of likely N-dealkylation sites (tertiary alicyclic amines) is 1. The van der Waals surface area contributed by atoms with Gasteiger partial charge in [0, 0.05) is 13.2 Å². The fourth-order valence-electron chi connectivity index (χ4n) is 2.16. The molecule has 0 N–H and O–H groups in total. The molecule has 0 aromatic carbocycles. The summed E-state index contributed by atoms with van der Waals surface area (Å²) in [5.41, 5.74) is 0. The van der Waals surface area contributed by atoms with Gasteiger partial charge in [-0.3, -0.25) is 0 Å². The molecule has 19 heavy (non-hydrogen) atoms. The summed E-state index contributed by atoms with van der Waals surface area (Å²) in [5, 5.41) is 0. The van der Waals surface area contributed by atoms with E-state index in [9.17, 15) is 0 Å². The highest BCUT2D eigenvalue weighted by molar-refractivity contribution is 4.63. The number of nitrogens with zero attached hydrogens (tertiary/aromatic N) is 1. The average Bonchev–Trinajstić information content (AvgIpc) is 2.46. The lowest BCUT2D eigenvalue weighted by molar-refractivity contribution is 0.00939. The summed E-state index contributed by atoms with van der Waals surface area (Å²) >= 11 is 0. The van der Waals surface area contributed by atoms with Crippen molar-refractivity contribution in [2.45, 2.75) is 39.0 Å². The molecular formula is C15H31NO3. The van der Waals surface area contributed by atoms with Crippen LogP contribution in [0, 0.1) is 0 Å². The van der Waals surface area contributed by atoms with Gasteiger partial charge in [0.05, 0.1) is 33.0 Å². The molecule has 0 atom stereocenters. The minimum Gasteiger partial charge on any atom is -0.379 e. The van der Waals surface area contributed by atoms with Crippen LogP contribution in [0.2, 0.25) is 0 Å². The molecule has 1 rings (SSSR count). The first-order valence-corrected chi connectivity index (χ1v) is 7.89. The first-order valence-electron chi connectivity index (χ1n) is 7.89. The maximum Gasteiger partial charge on any atom is 0.0701 e. The van der Waals surface area contributed by atoms with Crippen molar-refractivity contribution in [1.29, 1.82) is 0 Å². The zero-order valence-corrected chi connectivity index (χ0v) is 12.6. The first-order chi connectivity index (χ1) is 9.43. The Bertz CT molecular complexity index is 184. The highest BCUT2D eigenvalue weighted by Crippen LogP contribution is 2.07. The number of hydrogen-bond donors (Lipinski definition) is 0. The summed E-state index contributed by atoms with van der Waals surface area (Å²) in [5.74, 6) is 0. The fraction of sp³-hybridized carbons (Fsp3) is 1.00. The molecule has 0 spiro atoms. The first kappa shape index (κ1) is 16.9. The molecule has 0 aliphatic carbocycles. The summed E-state index contributed by atoms with van der Waals surface area (Å²) in [7, 11) is 0. The van der Waals surface area contributed by atoms with Crippen LogP contribution in [0.3, 0.4) is 0 Å². The number of hydrogen-bond acceptors (Lipinski definition) is 4. The number of ether oxygens (including phenoxy) is 3. The zero-order valence-electron chi connectivity index (χ0n) is 12.6. The van der Waals surface area contributed by atoms with E-state index in [1.165, 1.54) is 38.8 Å². The Morgan fingerprint density at radius 1 is 0.737 bits per heavy atom. The van der Waals surface area contributed by atoms with Crippen LogP contribution in [-0.4, -0.2) is 64.2 Å². The predicted octanol–water partition coefficient (Wildman–Crippen LogP) is 2.32. The van der Waals surface area contributed by atoms with Crippen LogP contribution < -0.4 is 0 Å². The maximum absolute atomic E-state index is 5.57. The minimum absolute atomic E-state index is 0.678. The number of rotatable bonds is 12. The van der Waals surface area contributed by atoms with Crippen LogP contribution in [0.1, 0.15) is 39.0 Å². The third-order valence-electron chi connectivity index (χ3n) is 3.39. The van der Waals surface area contributed by atoms with Gasteiger partial charge >= 0.3 is 0 Å². The van der Waals surface area contributed by atoms with E-state index < -0.39 is 0 Å². The predicted molar refractivity (Wildman–Crippen MR) is 77.7 cm³/mol. The van der Waals surface area contributed by atoms with Crippen LogP contribution in [0.4, 0.5) is 0 Å². The molecule has 0 aromatic heterocycles. The van der Waals surface area contributed by atoms with Gasteiger partial charge in [-0.05, 0) is 32.4 Å². The largest absolute Gasteiger partial charge is 0.379 e. The van der Waals surface area contributed by atoms with Crippen molar-refractivity contribution in [3.05, 3.63) is 0 Å². The van der Waals surface area contributed by atoms with Gasteiger partial charge in [-0.15, -0.1) is 0 Å². The lowest BCUT2D eigenvalue weighted by atomic mass is 10.1. The molecule has 114 valence electrons. The van der Waals surface area contributed by atoms with Crippen LogP contribution in [-0.2, 0) is 14.2 Å². The monoisotopic (exact) mass is 273 g/mol. The van der Waals surface area contributed by atoms with Crippen molar-refractivity contribution in [1.82, 2.24) is 4.90 Å². The molecular weight excluding hydrogens is 242 g/mol. The van der Waals surface area contributed by atoms with Crippen LogP contribution in [0.5, 0.6) is 0 Å². The molecule has 0 unspecified atom stereocenters. The Morgan fingerprint density at radius 2 is 1.32 bits per heavy atom. The second kappa shape index (κ2) is 12.9. The second-order valence-electron chi connectivity index (χ2n) is 5.09. The molecule has 0 amide bonds. The molecule has 0 aromatic rings. The summed E-state index contributed by atoms with van der Waals surface area (Å²) in [6, 6.07) is 0. The van der Waals surface area contributed by atoms with Gasteiger partial charge < -0.3 is 19.1 Å². The van der Waals surface area contributed by atoms with Crippen molar-refractivity contribution in [2.75, 3.05) is 59.3 Å². The molecule has 0 radical (unpaired) electrons. The third-order valence-corrected chi connectivity index (χ3v) is 3.39. The molecule has 1 heterocycles. The van der Waals surface area contributed by atoms with Crippen molar-refractivity contribution in [3.63, 3.8) is 0 Å². The summed E-state index contributed by atoms with van der Waals surface area (Å²) < 4.78 is 16.4. The molecule has 0 saturated carbocycles. The Balaban J connectivity index is 1.71. The van der Waals surface area contributed by atoms with Crippen molar-refractivity contribution in [3.8, 4) is 0 Å². The Labute approximate surface area is 118 Å². The van der Waals surface area contributed by atoms with E-state index in [1.54, 1.807) is 0 Å².